The number of piperidine rings is 1. The van der Waals surface area contributed by atoms with Crippen molar-refractivity contribution in [2.45, 2.75) is 78.2 Å². The molecule has 0 aromatic carbocycles. The van der Waals surface area contributed by atoms with Gasteiger partial charge in [-0.3, -0.25) is 9.48 Å². The predicted molar refractivity (Wildman–Crippen MR) is 112 cm³/mol. The van der Waals surface area contributed by atoms with Gasteiger partial charge < -0.3 is 9.80 Å². The van der Waals surface area contributed by atoms with Gasteiger partial charge in [0.05, 0.1) is 5.69 Å². The molecule has 28 heavy (non-hydrogen) atoms. The van der Waals surface area contributed by atoms with Gasteiger partial charge in [-0.05, 0) is 64.5 Å². The van der Waals surface area contributed by atoms with Crippen LogP contribution in [0.25, 0.3) is 0 Å². The Bertz CT molecular complexity index is 678. The Labute approximate surface area is 170 Å². The predicted octanol–water partition coefficient (Wildman–Crippen LogP) is 3.78. The average Bonchev–Trinajstić information content (AvgIpc) is 3.23. The van der Waals surface area contributed by atoms with Gasteiger partial charge in [-0.2, -0.15) is 5.10 Å². The molecule has 1 saturated carbocycles. The smallest absolute Gasteiger partial charge is 0.224 e. The van der Waals surface area contributed by atoms with E-state index in [0.717, 1.165) is 30.4 Å². The molecule has 1 aromatic heterocycles. The van der Waals surface area contributed by atoms with E-state index in [-0.39, 0.29) is 0 Å². The summed E-state index contributed by atoms with van der Waals surface area (Å²) in [7, 11) is 0. The monoisotopic (exact) mass is 386 g/mol. The Balaban J connectivity index is 1.28. The summed E-state index contributed by atoms with van der Waals surface area (Å²) >= 11 is 0. The molecule has 1 aromatic rings. The van der Waals surface area contributed by atoms with Crippen LogP contribution in [-0.2, 0) is 11.3 Å². The third kappa shape index (κ3) is 4.61. The number of hydrogen-bond acceptors (Lipinski definition) is 3. The summed E-state index contributed by atoms with van der Waals surface area (Å²) in [5, 5.41) is 4.50. The van der Waals surface area contributed by atoms with Crippen LogP contribution < -0.4 is 0 Å². The van der Waals surface area contributed by atoms with Gasteiger partial charge in [0.25, 0.3) is 0 Å². The highest BCUT2D eigenvalue weighted by molar-refractivity contribution is 5.76. The Morgan fingerprint density at radius 2 is 1.93 bits per heavy atom. The van der Waals surface area contributed by atoms with Crippen molar-refractivity contribution in [2.24, 2.45) is 11.3 Å². The van der Waals surface area contributed by atoms with Gasteiger partial charge in [0.15, 0.2) is 0 Å². The number of aromatic nitrogens is 2. The molecule has 1 amide bonds. The third-order valence-electron chi connectivity index (χ3n) is 7.41. The maximum atomic E-state index is 12.8. The summed E-state index contributed by atoms with van der Waals surface area (Å²) in [6.07, 6.45) is 11.5. The number of hydrogen-bond donors (Lipinski definition) is 0. The minimum Gasteiger partial charge on any atom is -0.342 e. The Kier molecular flexibility index (Phi) is 6.10. The second-order valence-electron chi connectivity index (χ2n) is 9.81. The first-order valence-corrected chi connectivity index (χ1v) is 11.5. The quantitative estimate of drug-likeness (QED) is 0.773. The Morgan fingerprint density at radius 3 is 2.68 bits per heavy atom. The topological polar surface area (TPSA) is 41.4 Å². The van der Waals surface area contributed by atoms with Gasteiger partial charge in [-0.25, -0.2) is 0 Å². The molecule has 0 bridgehead atoms. The summed E-state index contributed by atoms with van der Waals surface area (Å²) in [6, 6.07) is 2.08. The molecule has 1 unspecified atom stereocenters. The number of amides is 1. The van der Waals surface area contributed by atoms with Gasteiger partial charge >= 0.3 is 0 Å². The Morgan fingerprint density at radius 1 is 1.11 bits per heavy atom. The first-order chi connectivity index (χ1) is 13.5. The SMILES string of the molecule is Cc1cc(C)n(CCC(=O)N2CCC3(CCCN(CC4CCCCC4)C3)C2)n1. The van der Waals surface area contributed by atoms with Crippen molar-refractivity contribution in [1.82, 2.24) is 19.6 Å². The van der Waals surface area contributed by atoms with Crippen LogP contribution in [0.5, 0.6) is 0 Å². The van der Waals surface area contributed by atoms with Crippen LogP contribution in [-0.4, -0.2) is 58.2 Å². The van der Waals surface area contributed by atoms with E-state index in [0.29, 0.717) is 24.3 Å². The van der Waals surface area contributed by atoms with Gasteiger partial charge in [-0.15, -0.1) is 0 Å². The number of rotatable bonds is 5. The van der Waals surface area contributed by atoms with Crippen molar-refractivity contribution in [1.29, 1.82) is 0 Å². The molecule has 5 heteroatoms. The minimum absolute atomic E-state index is 0.314. The van der Waals surface area contributed by atoms with E-state index in [4.69, 9.17) is 0 Å². The van der Waals surface area contributed by atoms with Crippen molar-refractivity contribution < 1.29 is 4.79 Å². The number of aryl methyl sites for hydroxylation is 3. The van der Waals surface area contributed by atoms with E-state index in [1.54, 1.807) is 0 Å². The third-order valence-corrected chi connectivity index (χ3v) is 7.41. The number of carbonyl (C=O) groups is 1. The number of nitrogens with zero attached hydrogens (tertiary/aromatic N) is 4. The van der Waals surface area contributed by atoms with Crippen LogP contribution in [0.2, 0.25) is 0 Å². The van der Waals surface area contributed by atoms with Crippen molar-refractivity contribution in [3.63, 3.8) is 0 Å². The highest BCUT2D eigenvalue weighted by Crippen LogP contribution is 2.40. The lowest BCUT2D eigenvalue weighted by Gasteiger charge is -2.42. The van der Waals surface area contributed by atoms with E-state index in [2.05, 4.69) is 27.9 Å². The molecule has 0 radical (unpaired) electrons. The first-order valence-electron chi connectivity index (χ1n) is 11.5. The van der Waals surface area contributed by atoms with Crippen LogP contribution >= 0.6 is 0 Å². The molecular weight excluding hydrogens is 348 g/mol. The highest BCUT2D eigenvalue weighted by atomic mass is 16.2. The fraction of sp³-hybridized carbons (Fsp3) is 0.826. The summed E-state index contributed by atoms with van der Waals surface area (Å²) in [6.45, 7) is 10.5. The lowest BCUT2D eigenvalue weighted by Crippen LogP contribution is -2.47. The van der Waals surface area contributed by atoms with Gasteiger partial charge in [0.1, 0.15) is 0 Å². The second-order valence-corrected chi connectivity index (χ2v) is 9.81. The van der Waals surface area contributed by atoms with Crippen molar-refractivity contribution in [3.05, 3.63) is 17.5 Å². The van der Waals surface area contributed by atoms with Crippen LogP contribution in [0.4, 0.5) is 0 Å². The van der Waals surface area contributed by atoms with E-state index >= 15 is 0 Å². The van der Waals surface area contributed by atoms with E-state index < -0.39 is 0 Å². The van der Waals surface area contributed by atoms with Crippen molar-refractivity contribution >= 4 is 5.91 Å². The van der Waals surface area contributed by atoms with E-state index in [1.807, 2.05) is 11.6 Å². The molecule has 3 fully saturated rings. The summed E-state index contributed by atoms with van der Waals surface area (Å²) < 4.78 is 1.98. The molecule has 4 rings (SSSR count). The fourth-order valence-corrected chi connectivity index (χ4v) is 5.94. The summed E-state index contributed by atoms with van der Waals surface area (Å²) in [5.74, 6) is 1.23. The molecular formula is C23H38N4O. The number of carbonyl (C=O) groups excluding carboxylic acids is 1. The van der Waals surface area contributed by atoms with Crippen molar-refractivity contribution in [2.75, 3.05) is 32.7 Å². The molecule has 0 N–H and O–H groups in total. The summed E-state index contributed by atoms with van der Waals surface area (Å²) in [5.41, 5.74) is 2.54. The van der Waals surface area contributed by atoms with E-state index in [9.17, 15) is 4.79 Å². The maximum Gasteiger partial charge on any atom is 0.224 e. The lowest BCUT2D eigenvalue weighted by atomic mass is 9.78. The molecule has 156 valence electrons. The highest BCUT2D eigenvalue weighted by Gasteiger charge is 2.42. The standard InChI is InChI=1S/C23H38N4O/c1-19-15-20(2)27(24-19)13-9-22(28)26-14-11-23(18-26)10-6-12-25(17-23)16-21-7-4-3-5-8-21/h15,21H,3-14,16-18H2,1-2H3. The minimum atomic E-state index is 0.314. The van der Waals surface area contributed by atoms with Crippen LogP contribution in [0.15, 0.2) is 6.07 Å². The molecule has 3 aliphatic rings. The summed E-state index contributed by atoms with van der Waals surface area (Å²) in [4.78, 5) is 17.7. The van der Waals surface area contributed by atoms with Crippen LogP contribution in [0, 0.1) is 25.2 Å². The lowest BCUT2D eigenvalue weighted by molar-refractivity contribution is -0.131. The largest absolute Gasteiger partial charge is 0.342 e. The maximum absolute atomic E-state index is 12.8. The molecule has 5 nitrogen and oxygen atoms in total. The van der Waals surface area contributed by atoms with Crippen LogP contribution in [0.1, 0.15) is 69.2 Å². The molecule has 1 atom stereocenters. The zero-order chi connectivity index (χ0) is 19.6. The van der Waals surface area contributed by atoms with E-state index in [1.165, 1.54) is 71.0 Å². The molecule has 1 aliphatic carbocycles. The molecule has 1 spiro atoms. The Hall–Kier alpha value is -1.36. The van der Waals surface area contributed by atoms with Crippen LogP contribution in [0.3, 0.4) is 0 Å². The second kappa shape index (κ2) is 8.56. The van der Waals surface area contributed by atoms with Gasteiger partial charge in [-0.1, -0.05) is 19.3 Å². The molecule has 3 heterocycles. The fourth-order valence-electron chi connectivity index (χ4n) is 5.94. The molecule has 2 aliphatic heterocycles. The van der Waals surface area contributed by atoms with Crippen molar-refractivity contribution in [3.8, 4) is 0 Å². The zero-order valence-corrected chi connectivity index (χ0v) is 18.0. The normalized spacial score (nSPS) is 27.0. The first kappa shape index (κ1) is 19.9. The average molecular weight is 387 g/mol. The molecule has 2 saturated heterocycles. The van der Waals surface area contributed by atoms with Gasteiger partial charge in [0, 0.05) is 50.3 Å². The number of likely N-dealkylation sites (tertiary alicyclic amines) is 2. The zero-order valence-electron chi connectivity index (χ0n) is 18.0. The van der Waals surface area contributed by atoms with Gasteiger partial charge in [0.2, 0.25) is 5.91 Å².